The number of benzene rings is 1. The topological polar surface area (TPSA) is 103 Å². The minimum Gasteiger partial charge on any atom is -0.360 e. The summed E-state index contributed by atoms with van der Waals surface area (Å²) in [6, 6.07) is 10.1. The molecule has 2 fully saturated rings. The van der Waals surface area contributed by atoms with Crippen LogP contribution in [-0.2, 0) is 16.3 Å². The van der Waals surface area contributed by atoms with E-state index in [0.717, 1.165) is 55.2 Å². The minimum atomic E-state index is -1.13. The van der Waals surface area contributed by atoms with Crippen LogP contribution in [0.15, 0.2) is 42.7 Å². The standard InChI is InChI=1S/C32H46N6O3Si/c1-21(2)38-27(15-16-33-38)31(39)35-30(28(23-7-8-23)24-9-10-24)32(40)34-26-13-11-25(12-14-26)29-22(3)19-37(36-29)20-41-17-18-42(4,5)6/h11-16,19,21,23-24,28,30H,7-10,17-18,20H2,1-6H3,(H,34,40)(H,35,39). The van der Waals surface area contributed by atoms with E-state index in [1.165, 1.54) is 0 Å². The SMILES string of the molecule is Cc1cn(COCC[Si](C)(C)C)nc1-c1ccc(NC(=O)C(NC(=O)c2ccnn2C(C)C)C(C2CC2)C2CC2)cc1. The van der Waals surface area contributed by atoms with Gasteiger partial charge in [-0.25, -0.2) is 4.68 Å². The van der Waals surface area contributed by atoms with Crippen molar-refractivity contribution >= 4 is 25.6 Å². The fourth-order valence-electron chi connectivity index (χ4n) is 5.69. The van der Waals surface area contributed by atoms with Gasteiger partial charge in [0.1, 0.15) is 18.5 Å². The number of rotatable bonds is 14. The highest BCUT2D eigenvalue weighted by molar-refractivity contribution is 6.76. The van der Waals surface area contributed by atoms with Crippen molar-refractivity contribution in [2.45, 2.75) is 91.0 Å². The molecule has 10 heteroatoms. The summed E-state index contributed by atoms with van der Waals surface area (Å²) in [4.78, 5) is 27.1. The Morgan fingerprint density at radius 3 is 2.31 bits per heavy atom. The molecule has 0 spiro atoms. The van der Waals surface area contributed by atoms with Gasteiger partial charge in [-0.2, -0.15) is 10.2 Å². The molecule has 2 aromatic heterocycles. The number of aryl methyl sites for hydroxylation is 1. The molecule has 2 N–H and O–H groups in total. The van der Waals surface area contributed by atoms with Crippen LogP contribution in [0.4, 0.5) is 5.69 Å². The smallest absolute Gasteiger partial charge is 0.270 e. The van der Waals surface area contributed by atoms with E-state index in [4.69, 9.17) is 9.84 Å². The van der Waals surface area contributed by atoms with E-state index in [1.807, 2.05) is 55.9 Å². The van der Waals surface area contributed by atoms with Gasteiger partial charge >= 0.3 is 0 Å². The highest BCUT2D eigenvalue weighted by atomic mass is 28.3. The van der Waals surface area contributed by atoms with Crippen molar-refractivity contribution in [1.82, 2.24) is 24.9 Å². The van der Waals surface area contributed by atoms with Crippen molar-refractivity contribution in [3.63, 3.8) is 0 Å². The number of anilines is 1. The molecule has 1 aromatic carbocycles. The van der Waals surface area contributed by atoms with Crippen LogP contribution in [0.5, 0.6) is 0 Å². The molecule has 9 nitrogen and oxygen atoms in total. The molecule has 5 rings (SSSR count). The third-order valence-electron chi connectivity index (χ3n) is 8.27. The van der Waals surface area contributed by atoms with E-state index >= 15 is 0 Å². The Bertz CT molecular complexity index is 1370. The second-order valence-corrected chi connectivity index (χ2v) is 19.2. The van der Waals surface area contributed by atoms with Crippen LogP contribution < -0.4 is 10.6 Å². The lowest BCUT2D eigenvalue weighted by molar-refractivity contribution is -0.119. The van der Waals surface area contributed by atoms with Crippen molar-refractivity contribution in [3.05, 3.63) is 54.0 Å². The van der Waals surface area contributed by atoms with Crippen LogP contribution in [0, 0.1) is 24.7 Å². The van der Waals surface area contributed by atoms with Gasteiger partial charge in [0.2, 0.25) is 5.91 Å². The average molecular weight is 591 g/mol. The van der Waals surface area contributed by atoms with Gasteiger partial charge in [0, 0.05) is 44.4 Å². The molecule has 2 heterocycles. The van der Waals surface area contributed by atoms with Gasteiger partial charge < -0.3 is 15.4 Å². The summed E-state index contributed by atoms with van der Waals surface area (Å²) in [6.45, 7) is 14.3. The molecule has 2 aliphatic carbocycles. The van der Waals surface area contributed by atoms with Gasteiger partial charge in [0.15, 0.2) is 0 Å². The molecule has 2 amide bonds. The Balaban J connectivity index is 1.26. The lowest BCUT2D eigenvalue weighted by Gasteiger charge is -2.27. The maximum Gasteiger partial charge on any atom is 0.270 e. The number of carbonyl (C=O) groups excluding carboxylic acids is 2. The maximum atomic E-state index is 13.8. The Hall–Kier alpha value is -3.24. The number of hydrogen-bond donors (Lipinski definition) is 2. The first-order valence-electron chi connectivity index (χ1n) is 15.4. The van der Waals surface area contributed by atoms with Crippen molar-refractivity contribution < 1.29 is 14.3 Å². The first-order valence-corrected chi connectivity index (χ1v) is 19.1. The summed E-state index contributed by atoms with van der Waals surface area (Å²) in [5.41, 5.74) is 4.13. The summed E-state index contributed by atoms with van der Waals surface area (Å²) >= 11 is 0. The van der Waals surface area contributed by atoms with Crippen LogP contribution >= 0.6 is 0 Å². The Morgan fingerprint density at radius 2 is 1.71 bits per heavy atom. The number of aromatic nitrogens is 4. The molecule has 2 aliphatic rings. The Kier molecular flexibility index (Phi) is 9.03. The lowest BCUT2D eigenvalue weighted by atomic mass is 9.88. The number of hydrogen-bond acceptors (Lipinski definition) is 5. The molecule has 1 unspecified atom stereocenters. The second-order valence-electron chi connectivity index (χ2n) is 13.6. The zero-order valence-corrected chi connectivity index (χ0v) is 26.9. The predicted molar refractivity (Wildman–Crippen MR) is 168 cm³/mol. The highest BCUT2D eigenvalue weighted by Crippen LogP contribution is 2.51. The largest absolute Gasteiger partial charge is 0.360 e. The third kappa shape index (κ3) is 7.58. The van der Waals surface area contributed by atoms with Gasteiger partial charge in [-0.1, -0.05) is 31.8 Å². The predicted octanol–water partition coefficient (Wildman–Crippen LogP) is 6.12. The molecule has 1 atom stereocenters. The highest BCUT2D eigenvalue weighted by Gasteiger charge is 2.48. The average Bonchev–Trinajstić information content (AvgIpc) is 3.86. The number of carbonyl (C=O) groups is 2. The fraction of sp³-hybridized carbons (Fsp3) is 0.562. The number of amides is 2. The van der Waals surface area contributed by atoms with Gasteiger partial charge in [-0.15, -0.1) is 0 Å². The van der Waals surface area contributed by atoms with E-state index in [-0.39, 0.29) is 23.8 Å². The molecule has 3 aromatic rings. The van der Waals surface area contributed by atoms with Crippen molar-refractivity contribution in [3.8, 4) is 11.3 Å². The molecular weight excluding hydrogens is 544 g/mol. The quantitative estimate of drug-likeness (QED) is 0.174. The summed E-state index contributed by atoms with van der Waals surface area (Å²) in [6.07, 6.45) is 8.12. The molecule has 0 aliphatic heterocycles. The van der Waals surface area contributed by atoms with E-state index < -0.39 is 14.1 Å². The van der Waals surface area contributed by atoms with Crippen LogP contribution in [-0.4, -0.2) is 52.1 Å². The molecule has 226 valence electrons. The molecule has 0 bridgehead atoms. The van der Waals surface area contributed by atoms with Gasteiger partial charge in [0.05, 0.1) is 5.69 Å². The number of ether oxygens (including phenoxy) is 1. The monoisotopic (exact) mass is 590 g/mol. The normalized spacial score (nSPS) is 16.2. The zero-order chi connectivity index (χ0) is 30.0. The van der Waals surface area contributed by atoms with E-state index in [1.54, 1.807) is 16.9 Å². The number of nitrogens with zero attached hydrogens (tertiary/aromatic N) is 4. The zero-order valence-electron chi connectivity index (χ0n) is 25.9. The summed E-state index contributed by atoms with van der Waals surface area (Å²) in [7, 11) is -1.13. The third-order valence-corrected chi connectivity index (χ3v) is 9.97. The summed E-state index contributed by atoms with van der Waals surface area (Å²) < 4.78 is 9.42. The van der Waals surface area contributed by atoms with Gasteiger partial charge in [-0.05, 0) is 94.0 Å². The molecule has 2 saturated carbocycles. The van der Waals surface area contributed by atoms with E-state index in [2.05, 4.69) is 35.4 Å². The maximum absolute atomic E-state index is 13.8. The van der Waals surface area contributed by atoms with Crippen LogP contribution in [0.3, 0.4) is 0 Å². The van der Waals surface area contributed by atoms with Crippen LogP contribution in [0.25, 0.3) is 11.3 Å². The molecule has 0 radical (unpaired) electrons. The van der Waals surface area contributed by atoms with E-state index in [9.17, 15) is 9.59 Å². The molecular formula is C32H46N6O3Si. The minimum absolute atomic E-state index is 0.0479. The van der Waals surface area contributed by atoms with Crippen molar-refractivity contribution in [1.29, 1.82) is 0 Å². The van der Waals surface area contributed by atoms with Crippen molar-refractivity contribution in [2.75, 3.05) is 11.9 Å². The Morgan fingerprint density at radius 1 is 1.05 bits per heavy atom. The first-order chi connectivity index (χ1) is 20.0. The van der Waals surface area contributed by atoms with Crippen molar-refractivity contribution in [2.24, 2.45) is 17.8 Å². The van der Waals surface area contributed by atoms with Crippen LogP contribution in [0.1, 0.15) is 61.6 Å². The number of nitrogens with one attached hydrogen (secondary N) is 2. The van der Waals surface area contributed by atoms with Crippen LogP contribution in [0.2, 0.25) is 25.7 Å². The fourth-order valence-corrected chi connectivity index (χ4v) is 6.45. The first kappa shape index (κ1) is 30.2. The van der Waals surface area contributed by atoms with E-state index in [0.29, 0.717) is 29.9 Å². The molecule has 0 saturated heterocycles. The van der Waals surface area contributed by atoms with Gasteiger partial charge in [-0.3, -0.25) is 14.3 Å². The van der Waals surface area contributed by atoms with Gasteiger partial charge in [0.25, 0.3) is 5.91 Å². The summed E-state index contributed by atoms with van der Waals surface area (Å²) in [5, 5.41) is 15.3. The Labute approximate surface area is 250 Å². The summed E-state index contributed by atoms with van der Waals surface area (Å²) in [5.74, 6) is 0.722. The lowest BCUT2D eigenvalue weighted by Crippen LogP contribution is -2.50. The molecule has 42 heavy (non-hydrogen) atoms. The second kappa shape index (κ2) is 12.5.